The Morgan fingerprint density at radius 1 is 1.29 bits per heavy atom. The molecule has 2 rings (SSSR count). The van der Waals surface area contributed by atoms with Crippen LogP contribution in [-0.4, -0.2) is 47.7 Å². The molecule has 0 aromatic heterocycles. The Bertz CT molecular complexity index is 252. The van der Waals surface area contributed by atoms with Crippen LogP contribution in [0, 0.1) is 0 Å². The number of nitrogens with zero attached hydrogens (tertiary/aromatic N) is 1. The quantitative estimate of drug-likeness (QED) is 0.770. The Balaban J connectivity index is 1.69. The number of aliphatic hydroxyl groups excluding tert-OH is 1. The van der Waals surface area contributed by atoms with Crippen molar-refractivity contribution in [1.82, 2.24) is 10.2 Å². The molecule has 0 aliphatic carbocycles. The van der Waals surface area contributed by atoms with Crippen molar-refractivity contribution in [3.63, 3.8) is 0 Å². The summed E-state index contributed by atoms with van der Waals surface area (Å²) in [4.78, 5) is 13.8. The zero-order chi connectivity index (χ0) is 12.1. The van der Waals surface area contributed by atoms with Crippen molar-refractivity contribution in [3.05, 3.63) is 0 Å². The standard InChI is InChI=1S/C13H24N2O2/c16-12-5-3-9-15(10-12)13(17)7-6-11-4-1-2-8-14-11/h11-12,14,16H,1-10H2. The van der Waals surface area contributed by atoms with Crippen molar-refractivity contribution < 1.29 is 9.90 Å². The van der Waals surface area contributed by atoms with Crippen LogP contribution in [0.15, 0.2) is 0 Å². The maximum absolute atomic E-state index is 12.0. The topological polar surface area (TPSA) is 52.6 Å². The number of likely N-dealkylation sites (tertiary alicyclic amines) is 1. The molecule has 2 atom stereocenters. The van der Waals surface area contributed by atoms with Gasteiger partial charge in [0.15, 0.2) is 0 Å². The van der Waals surface area contributed by atoms with Gasteiger partial charge in [0.25, 0.3) is 0 Å². The van der Waals surface area contributed by atoms with Crippen LogP contribution in [-0.2, 0) is 4.79 Å². The molecule has 2 unspecified atom stereocenters. The monoisotopic (exact) mass is 240 g/mol. The van der Waals surface area contributed by atoms with Crippen LogP contribution in [0.4, 0.5) is 0 Å². The third-order valence-corrected chi connectivity index (χ3v) is 3.87. The summed E-state index contributed by atoms with van der Waals surface area (Å²) in [5.74, 6) is 0.219. The van der Waals surface area contributed by atoms with E-state index in [1.54, 1.807) is 0 Å². The van der Waals surface area contributed by atoms with E-state index >= 15 is 0 Å². The Morgan fingerprint density at radius 3 is 2.88 bits per heavy atom. The number of carbonyl (C=O) groups excluding carboxylic acids is 1. The highest BCUT2D eigenvalue weighted by Crippen LogP contribution is 2.15. The van der Waals surface area contributed by atoms with E-state index in [0.717, 1.165) is 32.4 Å². The van der Waals surface area contributed by atoms with Gasteiger partial charge in [-0.1, -0.05) is 6.42 Å². The van der Waals surface area contributed by atoms with Gasteiger partial charge in [-0.05, 0) is 38.6 Å². The molecule has 2 aliphatic heterocycles. The highest BCUT2D eigenvalue weighted by atomic mass is 16.3. The maximum Gasteiger partial charge on any atom is 0.222 e. The third-order valence-electron chi connectivity index (χ3n) is 3.87. The SMILES string of the molecule is O=C(CCC1CCCCN1)N1CCCC(O)C1. The zero-order valence-electron chi connectivity index (χ0n) is 10.5. The summed E-state index contributed by atoms with van der Waals surface area (Å²) in [5, 5.41) is 13.0. The summed E-state index contributed by atoms with van der Waals surface area (Å²) in [6, 6.07) is 0.530. The Kier molecular flexibility index (Phi) is 4.80. The van der Waals surface area contributed by atoms with Gasteiger partial charge < -0.3 is 15.3 Å². The summed E-state index contributed by atoms with van der Waals surface area (Å²) in [5.41, 5.74) is 0. The molecule has 0 spiro atoms. The zero-order valence-corrected chi connectivity index (χ0v) is 10.5. The number of hydrogen-bond acceptors (Lipinski definition) is 3. The first kappa shape index (κ1) is 12.8. The molecule has 0 aromatic carbocycles. The summed E-state index contributed by atoms with van der Waals surface area (Å²) in [7, 11) is 0. The minimum absolute atomic E-state index is 0.219. The molecule has 4 heteroatoms. The summed E-state index contributed by atoms with van der Waals surface area (Å²) in [6.07, 6.45) is 6.81. The molecule has 0 radical (unpaired) electrons. The normalized spacial score (nSPS) is 30.3. The van der Waals surface area contributed by atoms with Gasteiger partial charge in [-0.2, -0.15) is 0 Å². The van der Waals surface area contributed by atoms with E-state index in [2.05, 4.69) is 5.32 Å². The van der Waals surface area contributed by atoms with Crippen molar-refractivity contribution in [2.24, 2.45) is 0 Å². The van der Waals surface area contributed by atoms with Crippen LogP contribution >= 0.6 is 0 Å². The second kappa shape index (κ2) is 6.36. The fourth-order valence-corrected chi connectivity index (χ4v) is 2.81. The molecule has 98 valence electrons. The van der Waals surface area contributed by atoms with E-state index < -0.39 is 0 Å². The molecule has 2 aliphatic rings. The molecule has 2 N–H and O–H groups in total. The van der Waals surface area contributed by atoms with E-state index in [1.807, 2.05) is 4.90 Å². The molecule has 2 saturated heterocycles. The average molecular weight is 240 g/mol. The summed E-state index contributed by atoms with van der Waals surface area (Å²) >= 11 is 0. The largest absolute Gasteiger partial charge is 0.391 e. The second-order valence-electron chi connectivity index (χ2n) is 5.32. The van der Waals surface area contributed by atoms with Gasteiger partial charge in [-0.25, -0.2) is 0 Å². The molecular weight excluding hydrogens is 216 g/mol. The highest BCUT2D eigenvalue weighted by molar-refractivity contribution is 5.76. The van der Waals surface area contributed by atoms with Gasteiger partial charge in [-0.3, -0.25) is 4.79 Å². The molecule has 2 heterocycles. The maximum atomic E-state index is 12.0. The van der Waals surface area contributed by atoms with Gasteiger partial charge >= 0.3 is 0 Å². The first-order valence-corrected chi connectivity index (χ1v) is 6.95. The van der Waals surface area contributed by atoms with Crippen molar-refractivity contribution in [2.75, 3.05) is 19.6 Å². The fourth-order valence-electron chi connectivity index (χ4n) is 2.81. The number of carbonyl (C=O) groups is 1. The number of rotatable bonds is 3. The van der Waals surface area contributed by atoms with Crippen LogP contribution < -0.4 is 5.32 Å². The second-order valence-corrected chi connectivity index (χ2v) is 5.32. The number of piperidine rings is 2. The highest BCUT2D eigenvalue weighted by Gasteiger charge is 2.22. The molecule has 1 amide bonds. The smallest absolute Gasteiger partial charge is 0.222 e. The third kappa shape index (κ3) is 3.96. The van der Waals surface area contributed by atoms with Gasteiger partial charge in [-0.15, -0.1) is 0 Å². The first-order valence-electron chi connectivity index (χ1n) is 6.95. The van der Waals surface area contributed by atoms with E-state index in [9.17, 15) is 9.90 Å². The molecule has 17 heavy (non-hydrogen) atoms. The van der Waals surface area contributed by atoms with Crippen LogP contribution in [0.2, 0.25) is 0 Å². The summed E-state index contributed by atoms with van der Waals surface area (Å²) in [6.45, 7) is 2.46. The molecule has 0 bridgehead atoms. The minimum atomic E-state index is -0.305. The van der Waals surface area contributed by atoms with E-state index in [-0.39, 0.29) is 12.0 Å². The van der Waals surface area contributed by atoms with Crippen molar-refractivity contribution in [1.29, 1.82) is 0 Å². The van der Waals surface area contributed by atoms with Crippen LogP contribution in [0.3, 0.4) is 0 Å². The molecule has 2 fully saturated rings. The molecule has 0 saturated carbocycles. The average Bonchev–Trinajstić information content (AvgIpc) is 2.37. The molecule has 0 aromatic rings. The number of amides is 1. The lowest BCUT2D eigenvalue weighted by Gasteiger charge is -2.31. The van der Waals surface area contributed by atoms with Gasteiger partial charge in [0.1, 0.15) is 0 Å². The van der Waals surface area contributed by atoms with Crippen molar-refractivity contribution in [3.8, 4) is 0 Å². The van der Waals surface area contributed by atoms with Crippen LogP contribution in [0.1, 0.15) is 44.9 Å². The van der Waals surface area contributed by atoms with Crippen molar-refractivity contribution >= 4 is 5.91 Å². The van der Waals surface area contributed by atoms with Gasteiger partial charge in [0.2, 0.25) is 5.91 Å². The minimum Gasteiger partial charge on any atom is -0.391 e. The molecule has 4 nitrogen and oxygen atoms in total. The molecular formula is C13H24N2O2. The number of hydrogen-bond donors (Lipinski definition) is 2. The predicted octanol–water partition coefficient (Wildman–Crippen LogP) is 0.892. The van der Waals surface area contributed by atoms with E-state index in [4.69, 9.17) is 0 Å². The van der Waals surface area contributed by atoms with Gasteiger partial charge in [0.05, 0.1) is 6.10 Å². The lowest BCUT2D eigenvalue weighted by atomic mass is 10.00. The fraction of sp³-hybridized carbons (Fsp3) is 0.923. The number of β-amino-alcohol motifs (C(OH)–C–C–N with tert-alkyl or cyclic N) is 1. The Labute approximate surface area is 103 Å². The van der Waals surface area contributed by atoms with E-state index in [1.165, 1.54) is 19.3 Å². The lowest BCUT2D eigenvalue weighted by molar-refractivity contribution is -0.134. The van der Waals surface area contributed by atoms with E-state index in [0.29, 0.717) is 19.0 Å². The Morgan fingerprint density at radius 2 is 2.18 bits per heavy atom. The summed E-state index contributed by atoms with van der Waals surface area (Å²) < 4.78 is 0. The predicted molar refractivity (Wildman–Crippen MR) is 66.7 cm³/mol. The Hall–Kier alpha value is -0.610. The van der Waals surface area contributed by atoms with Gasteiger partial charge in [0, 0.05) is 25.6 Å². The van der Waals surface area contributed by atoms with Crippen LogP contribution in [0.25, 0.3) is 0 Å². The van der Waals surface area contributed by atoms with Crippen LogP contribution in [0.5, 0.6) is 0 Å². The lowest BCUT2D eigenvalue weighted by Crippen LogP contribution is -2.43. The first-order chi connectivity index (χ1) is 8.25. The number of aliphatic hydroxyl groups is 1. The van der Waals surface area contributed by atoms with Crippen molar-refractivity contribution in [2.45, 2.75) is 57.1 Å². The number of nitrogens with one attached hydrogen (secondary N) is 1.